The fourth-order valence-corrected chi connectivity index (χ4v) is 2.92. The molecule has 0 radical (unpaired) electrons. The molecule has 118 valence electrons. The summed E-state index contributed by atoms with van der Waals surface area (Å²) in [5.74, 6) is 1.09. The van der Waals surface area contributed by atoms with E-state index < -0.39 is 0 Å². The number of pyridine rings is 1. The molecule has 1 saturated heterocycles. The van der Waals surface area contributed by atoms with Crippen molar-refractivity contribution in [3.05, 3.63) is 54.2 Å². The molecule has 22 heavy (non-hydrogen) atoms. The lowest BCUT2D eigenvalue weighted by molar-refractivity contribution is -0.00389. The third-order valence-electron chi connectivity index (χ3n) is 4.21. The highest BCUT2D eigenvalue weighted by atomic mass is 16.5. The predicted molar refractivity (Wildman–Crippen MR) is 85.5 cm³/mol. The minimum Gasteiger partial charge on any atom is -0.469 e. The molecule has 0 atom stereocenters. The first-order valence-electron chi connectivity index (χ1n) is 8.16. The van der Waals surface area contributed by atoms with Crippen LogP contribution in [0.1, 0.15) is 30.7 Å². The van der Waals surface area contributed by atoms with E-state index in [9.17, 15) is 0 Å². The lowest BCUT2D eigenvalue weighted by Crippen LogP contribution is -2.37. The van der Waals surface area contributed by atoms with E-state index in [2.05, 4.69) is 16.0 Å². The van der Waals surface area contributed by atoms with E-state index in [0.29, 0.717) is 12.7 Å². The summed E-state index contributed by atoms with van der Waals surface area (Å²) in [7, 11) is 0. The van der Waals surface area contributed by atoms with Crippen LogP contribution >= 0.6 is 0 Å². The molecule has 0 spiro atoms. The lowest BCUT2D eigenvalue weighted by Gasteiger charge is -2.31. The Morgan fingerprint density at radius 1 is 1.18 bits per heavy atom. The standard InChI is InChI=1S/C18H24N2O2/c1-2-10-19-16(5-1)15-22-18-8-12-20(13-9-18)11-3-6-17-7-4-14-21-17/h1-2,4-5,7,10,14,18H,3,6,8-9,11-13,15H2. The number of furan rings is 1. The molecule has 1 aliphatic rings. The van der Waals surface area contributed by atoms with E-state index in [4.69, 9.17) is 9.15 Å². The van der Waals surface area contributed by atoms with Crippen molar-refractivity contribution in [3.8, 4) is 0 Å². The maximum atomic E-state index is 5.98. The Morgan fingerprint density at radius 3 is 2.82 bits per heavy atom. The molecule has 4 heteroatoms. The molecule has 0 saturated carbocycles. The quantitative estimate of drug-likeness (QED) is 0.786. The van der Waals surface area contributed by atoms with Crippen molar-refractivity contribution in [3.63, 3.8) is 0 Å². The number of likely N-dealkylation sites (tertiary alicyclic amines) is 1. The summed E-state index contributed by atoms with van der Waals surface area (Å²) in [6.07, 6.45) is 8.38. The third-order valence-corrected chi connectivity index (χ3v) is 4.21. The topological polar surface area (TPSA) is 38.5 Å². The molecular formula is C18H24N2O2. The van der Waals surface area contributed by atoms with Crippen molar-refractivity contribution < 1.29 is 9.15 Å². The fraction of sp³-hybridized carbons (Fsp3) is 0.500. The Morgan fingerprint density at radius 2 is 2.09 bits per heavy atom. The number of aryl methyl sites for hydroxylation is 1. The van der Waals surface area contributed by atoms with Crippen molar-refractivity contribution in [1.29, 1.82) is 0 Å². The van der Waals surface area contributed by atoms with Crippen LogP contribution in [0.15, 0.2) is 47.2 Å². The van der Waals surface area contributed by atoms with E-state index in [1.807, 2.05) is 30.5 Å². The van der Waals surface area contributed by atoms with Gasteiger partial charge in [-0.15, -0.1) is 0 Å². The first kappa shape index (κ1) is 15.3. The summed E-state index contributed by atoms with van der Waals surface area (Å²) >= 11 is 0. The van der Waals surface area contributed by atoms with Gasteiger partial charge in [0.2, 0.25) is 0 Å². The van der Waals surface area contributed by atoms with Crippen LogP contribution in [0.5, 0.6) is 0 Å². The number of aromatic nitrogens is 1. The Balaban J connectivity index is 1.30. The number of hydrogen-bond donors (Lipinski definition) is 0. The molecule has 4 nitrogen and oxygen atoms in total. The second-order valence-corrected chi connectivity index (χ2v) is 5.86. The summed E-state index contributed by atoms with van der Waals surface area (Å²) in [5, 5.41) is 0. The second kappa shape index (κ2) is 8.11. The molecule has 3 heterocycles. The largest absolute Gasteiger partial charge is 0.469 e. The van der Waals surface area contributed by atoms with Gasteiger partial charge in [-0.2, -0.15) is 0 Å². The van der Waals surface area contributed by atoms with Gasteiger partial charge in [0.1, 0.15) is 5.76 Å². The number of ether oxygens (including phenoxy) is 1. The summed E-state index contributed by atoms with van der Waals surface area (Å²) in [4.78, 5) is 6.83. The van der Waals surface area contributed by atoms with Crippen molar-refractivity contribution in [2.75, 3.05) is 19.6 Å². The van der Waals surface area contributed by atoms with E-state index in [0.717, 1.165) is 56.8 Å². The summed E-state index contributed by atoms with van der Waals surface area (Å²) in [5.41, 5.74) is 1.02. The van der Waals surface area contributed by atoms with Gasteiger partial charge in [0.25, 0.3) is 0 Å². The molecule has 2 aromatic heterocycles. The maximum Gasteiger partial charge on any atom is 0.103 e. The minimum absolute atomic E-state index is 0.378. The van der Waals surface area contributed by atoms with E-state index >= 15 is 0 Å². The van der Waals surface area contributed by atoms with Crippen LogP contribution in [0.2, 0.25) is 0 Å². The third kappa shape index (κ3) is 4.68. The highest BCUT2D eigenvalue weighted by Gasteiger charge is 2.19. The smallest absolute Gasteiger partial charge is 0.103 e. The summed E-state index contributed by atoms with van der Waals surface area (Å²) < 4.78 is 11.3. The molecule has 3 rings (SSSR count). The molecule has 2 aromatic rings. The fourth-order valence-electron chi connectivity index (χ4n) is 2.92. The molecule has 0 unspecified atom stereocenters. The monoisotopic (exact) mass is 300 g/mol. The molecule has 0 bridgehead atoms. The Labute approximate surface area is 132 Å². The number of rotatable bonds is 7. The average molecular weight is 300 g/mol. The van der Waals surface area contributed by atoms with Crippen LogP contribution in [0, 0.1) is 0 Å². The zero-order chi connectivity index (χ0) is 15.0. The maximum absolute atomic E-state index is 5.98. The van der Waals surface area contributed by atoms with Gasteiger partial charge in [-0.3, -0.25) is 4.98 Å². The first-order chi connectivity index (χ1) is 10.9. The highest BCUT2D eigenvalue weighted by molar-refractivity contribution is 5.02. The lowest BCUT2D eigenvalue weighted by atomic mass is 10.1. The van der Waals surface area contributed by atoms with E-state index in [1.165, 1.54) is 0 Å². The highest BCUT2D eigenvalue weighted by Crippen LogP contribution is 2.16. The normalized spacial score (nSPS) is 16.9. The van der Waals surface area contributed by atoms with Crippen LogP contribution in [-0.2, 0) is 17.8 Å². The van der Waals surface area contributed by atoms with Crippen LogP contribution in [-0.4, -0.2) is 35.6 Å². The second-order valence-electron chi connectivity index (χ2n) is 5.86. The zero-order valence-electron chi connectivity index (χ0n) is 13.0. The zero-order valence-corrected chi connectivity index (χ0v) is 13.0. The van der Waals surface area contributed by atoms with Gasteiger partial charge in [-0.05, 0) is 50.1 Å². The first-order valence-corrected chi connectivity index (χ1v) is 8.16. The molecule has 0 aliphatic carbocycles. The Bertz CT molecular complexity index is 519. The molecule has 1 aliphatic heterocycles. The SMILES string of the molecule is c1ccc(COC2CCN(CCCc3ccco3)CC2)nc1. The Hall–Kier alpha value is -1.65. The average Bonchev–Trinajstić information content (AvgIpc) is 3.08. The summed E-state index contributed by atoms with van der Waals surface area (Å²) in [6.45, 7) is 4.04. The van der Waals surface area contributed by atoms with Gasteiger partial charge >= 0.3 is 0 Å². The van der Waals surface area contributed by atoms with Gasteiger partial charge < -0.3 is 14.1 Å². The van der Waals surface area contributed by atoms with Gasteiger partial charge in [-0.1, -0.05) is 6.07 Å². The van der Waals surface area contributed by atoms with Gasteiger partial charge in [-0.25, -0.2) is 0 Å². The molecular weight excluding hydrogens is 276 g/mol. The summed E-state index contributed by atoms with van der Waals surface area (Å²) in [6, 6.07) is 9.97. The molecule has 0 amide bonds. The van der Waals surface area contributed by atoms with Crippen LogP contribution in [0.4, 0.5) is 0 Å². The van der Waals surface area contributed by atoms with Crippen molar-refractivity contribution in [1.82, 2.24) is 9.88 Å². The van der Waals surface area contributed by atoms with Crippen molar-refractivity contribution in [2.45, 2.75) is 38.4 Å². The number of piperidine rings is 1. The minimum atomic E-state index is 0.378. The van der Waals surface area contributed by atoms with Crippen LogP contribution < -0.4 is 0 Å². The van der Waals surface area contributed by atoms with E-state index in [1.54, 1.807) is 6.26 Å². The van der Waals surface area contributed by atoms with Crippen LogP contribution in [0.3, 0.4) is 0 Å². The molecule has 0 aromatic carbocycles. The molecule has 0 N–H and O–H groups in total. The van der Waals surface area contributed by atoms with Crippen molar-refractivity contribution in [2.24, 2.45) is 0 Å². The van der Waals surface area contributed by atoms with E-state index in [-0.39, 0.29) is 0 Å². The van der Waals surface area contributed by atoms with Gasteiger partial charge in [0.15, 0.2) is 0 Å². The molecule has 1 fully saturated rings. The van der Waals surface area contributed by atoms with Crippen LogP contribution in [0.25, 0.3) is 0 Å². The van der Waals surface area contributed by atoms with Crippen molar-refractivity contribution >= 4 is 0 Å². The number of hydrogen-bond acceptors (Lipinski definition) is 4. The number of nitrogens with zero attached hydrogens (tertiary/aromatic N) is 2. The van der Waals surface area contributed by atoms with Gasteiger partial charge in [0, 0.05) is 25.7 Å². The van der Waals surface area contributed by atoms with Gasteiger partial charge in [0.05, 0.1) is 24.7 Å². The predicted octanol–water partition coefficient (Wildman–Crippen LogP) is 3.29. The Kier molecular flexibility index (Phi) is 5.62.